The minimum absolute atomic E-state index is 0.372. The summed E-state index contributed by atoms with van der Waals surface area (Å²) in [5.74, 6) is 0.933. The number of hydrogen-bond donors (Lipinski definition) is 1. The number of nitrogens with zero attached hydrogens (tertiary/aromatic N) is 1. The zero-order chi connectivity index (χ0) is 7.19. The SMILES string of the molecule is CC1CC2CC[N+]1(O)CC2. The molecule has 3 rings (SSSR count). The lowest BCUT2D eigenvalue weighted by Crippen LogP contribution is -2.60. The summed E-state index contributed by atoms with van der Waals surface area (Å²) in [6.45, 7) is 4.18. The highest BCUT2D eigenvalue weighted by Gasteiger charge is 2.44. The molecule has 0 aliphatic carbocycles. The van der Waals surface area contributed by atoms with E-state index in [-0.39, 0.29) is 0 Å². The Bertz CT molecular complexity index is 138. The number of hydrogen-bond acceptors (Lipinski definition) is 1. The van der Waals surface area contributed by atoms with E-state index in [9.17, 15) is 5.21 Å². The summed E-state index contributed by atoms with van der Waals surface area (Å²) in [5, 5.41) is 9.92. The van der Waals surface area contributed by atoms with E-state index < -0.39 is 0 Å². The van der Waals surface area contributed by atoms with Crippen LogP contribution in [0.15, 0.2) is 0 Å². The van der Waals surface area contributed by atoms with Gasteiger partial charge in [0, 0.05) is 19.3 Å². The van der Waals surface area contributed by atoms with Gasteiger partial charge in [0.05, 0.1) is 0 Å². The smallest absolute Gasteiger partial charge is 0.116 e. The van der Waals surface area contributed by atoms with Crippen molar-refractivity contribution < 1.29 is 9.85 Å². The van der Waals surface area contributed by atoms with Crippen LogP contribution in [0.25, 0.3) is 0 Å². The molecule has 0 amide bonds. The number of hydroxylamine groups is 3. The van der Waals surface area contributed by atoms with Gasteiger partial charge in [0.1, 0.15) is 19.1 Å². The van der Waals surface area contributed by atoms with Gasteiger partial charge in [0.15, 0.2) is 0 Å². The van der Waals surface area contributed by atoms with E-state index in [1.807, 2.05) is 0 Å². The van der Waals surface area contributed by atoms with E-state index >= 15 is 0 Å². The predicted octanol–water partition coefficient (Wildman–Crippen LogP) is 1.39. The van der Waals surface area contributed by atoms with E-state index in [2.05, 4.69) is 6.92 Å². The molecule has 3 aliphatic rings. The Hall–Kier alpha value is -0.0800. The second-order valence-electron chi connectivity index (χ2n) is 3.96. The van der Waals surface area contributed by atoms with E-state index in [4.69, 9.17) is 0 Å². The summed E-state index contributed by atoms with van der Waals surface area (Å²) in [5.41, 5.74) is 0. The van der Waals surface area contributed by atoms with Crippen LogP contribution in [0.2, 0.25) is 0 Å². The standard InChI is InChI=1S/C8H16NO/c1-7-6-8-2-4-9(7,10)5-3-8/h7-8,10H,2-6H2,1H3/q+1. The van der Waals surface area contributed by atoms with Gasteiger partial charge in [0.2, 0.25) is 0 Å². The highest BCUT2D eigenvalue weighted by atomic mass is 16.5. The summed E-state index contributed by atoms with van der Waals surface area (Å²) < 4.78 is 0.372. The van der Waals surface area contributed by atoms with Crippen LogP contribution in [-0.4, -0.2) is 29.0 Å². The molecule has 0 aromatic carbocycles. The Kier molecular flexibility index (Phi) is 1.29. The first kappa shape index (κ1) is 6.62. The van der Waals surface area contributed by atoms with Crippen LogP contribution in [0.4, 0.5) is 0 Å². The molecule has 0 radical (unpaired) electrons. The zero-order valence-electron chi connectivity index (χ0n) is 6.58. The van der Waals surface area contributed by atoms with E-state index in [0.717, 1.165) is 19.0 Å². The van der Waals surface area contributed by atoms with Crippen molar-refractivity contribution >= 4 is 0 Å². The summed E-state index contributed by atoms with van der Waals surface area (Å²) in [6.07, 6.45) is 3.75. The molecule has 3 saturated heterocycles. The van der Waals surface area contributed by atoms with Crippen molar-refractivity contribution in [1.82, 2.24) is 0 Å². The van der Waals surface area contributed by atoms with Crippen molar-refractivity contribution in [3.63, 3.8) is 0 Å². The first-order valence-corrected chi connectivity index (χ1v) is 4.30. The fraction of sp³-hybridized carbons (Fsp3) is 1.00. The maximum absolute atomic E-state index is 9.92. The number of fused-ring (bicyclic) bond motifs is 3. The van der Waals surface area contributed by atoms with Crippen LogP contribution in [0, 0.1) is 5.92 Å². The molecule has 10 heavy (non-hydrogen) atoms. The fourth-order valence-electron chi connectivity index (χ4n) is 2.42. The zero-order valence-corrected chi connectivity index (χ0v) is 6.58. The third-order valence-electron chi connectivity index (χ3n) is 3.34. The lowest BCUT2D eigenvalue weighted by atomic mass is 9.83. The average molecular weight is 142 g/mol. The van der Waals surface area contributed by atoms with Crippen molar-refractivity contribution in [1.29, 1.82) is 0 Å². The van der Waals surface area contributed by atoms with Crippen LogP contribution >= 0.6 is 0 Å². The van der Waals surface area contributed by atoms with Gasteiger partial charge in [-0.15, -0.1) is 0 Å². The molecule has 1 N–H and O–H groups in total. The number of rotatable bonds is 0. The van der Waals surface area contributed by atoms with Crippen molar-refractivity contribution in [2.75, 3.05) is 13.1 Å². The van der Waals surface area contributed by atoms with E-state index in [1.54, 1.807) is 0 Å². The lowest BCUT2D eigenvalue weighted by Gasteiger charge is -2.47. The van der Waals surface area contributed by atoms with Gasteiger partial charge in [0.25, 0.3) is 0 Å². The second-order valence-corrected chi connectivity index (χ2v) is 3.96. The molecule has 0 aromatic heterocycles. The first-order valence-electron chi connectivity index (χ1n) is 4.30. The molecular weight excluding hydrogens is 126 g/mol. The summed E-state index contributed by atoms with van der Waals surface area (Å²) in [7, 11) is 0. The third-order valence-corrected chi connectivity index (χ3v) is 3.34. The molecule has 0 spiro atoms. The molecule has 3 heterocycles. The molecule has 2 bridgehead atoms. The molecule has 0 saturated carbocycles. The Balaban J connectivity index is 2.17. The van der Waals surface area contributed by atoms with Gasteiger partial charge in [-0.05, 0) is 12.8 Å². The van der Waals surface area contributed by atoms with E-state index in [1.165, 1.54) is 19.3 Å². The minimum Gasteiger partial charge on any atom is -0.217 e. The van der Waals surface area contributed by atoms with Crippen LogP contribution in [-0.2, 0) is 0 Å². The Morgan fingerprint density at radius 3 is 2.20 bits per heavy atom. The van der Waals surface area contributed by atoms with Crippen LogP contribution in [0.1, 0.15) is 26.2 Å². The second kappa shape index (κ2) is 1.95. The quantitative estimate of drug-likeness (QED) is 0.507. The summed E-state index contributed by atoms with van der Waals surface area (Å²) >= 11 is 0. The molecule has 1 atom stereocenters. The summed E-state index contributed by atoms with van der Waals surface area (Å²) in [6, 6.07) is 0.507. The maximum atomic E-state index is 9.92. The van der Waals surface area contributed by atoms with Crippen molar-refractivity contribution in [3.8, 4) is 0 Å². The Morgan fingerprint density at radius 1 is 1.30 bits per heavy atom. The summed E-state index contributed by atoms with van der Waals surface area (Å²) in [4.78, 5) is 0. The van der Waals surface area contributed by atoms with Crippen LogP contribution in [0.5, 0.6) is 0 Å². The van der Waals surface area contributed by atoms with Gasteiger partial charge >= 0.3 is 0 Å². The Labute approximate surface area is 62.0 Å². The predicted molar refractivity (Wildman–Crippen MR) is 38.6 cm³/mol. The van der Waals surface area contributed by atoms with Crippen LogP contribution in [0.3, 0.4) is 0 Å². The number of quaternary nitrogens is 1. The third kappa shape index (κ3) is 0.789. The van der Waals surface area contributed by atoms with E-state index in [0.29, 0.717) is 10.7 Å². The average Bonchev–Trinajstić information content (AvgIpc) is 1.92. The largest absolute Gasteiger partial charge is 0.217 e. The number of piperidine rings is 3. The monoisotopic (exact) mass is 142 g/mol. The topological polar surface area (TPSA) is 20.2 Å². The van der Waals surface area contributed by atoms with Crippen molar-refractivity contribution in [3.05, 3.63) is 0 Å². The molecule has 58 valence electrons. The first-order chi connectivity index (χ1) is 4.71. The van der Waals surface area contributed by atoms with Gasteiger partial charge < -0.3 is 0 Å². The molecule has 2 nitrogen and oxygen atoms in total. The minimum atomic E-state index is 0.372. The normalized spacial score (nSPS) is 53.4. The lowest BCUT2D eigenvalue weighted by molar-refractivity contribution is -1.13. The molecular formula is C8H16NO+. The highest BCUT2D eigenvalue weighted by Crippen LogP contribution is 2.35. The molecule has 0 aromatic rings. The molecule has 3 aliphatic heterocycles. The Morgan fingerprint density at radius 2 is 1.90 bits per heavy atom. The van der Waals surface area contributed by atoms with Crippen molar-refractivity contribution in [2.45, 2.75) is 32.2 Å². The van der Waals surface area contributed by atoms with Crippen LogP contribution < -0.4 is 0 Å². The van der Waals surface area contributed by atoms with Gasteiger partial charge in [-0.25, -0.2) is 5.21 Å². The highest BCUT2D eigenvalue weighted by molar-refractivity contribution is 4.73. The fourth-order valence-corrected chi connectivity index (χ4v) is 2.42. The molecule has 1 unspecified atom stereocenters. The van der Waals surface area contributed by atoms with Crippen molar-refractivity contribution in [2.24, 2.45) is 5.92 Å². The molecule has 2 heteroatoms. The van der Waals surface area contributed by atoms with Gasteiger partial charge in [-0.2, -0.15) is 4.65 Å². The van der Waals surface area contributed by atoms with Gasteiger partial charge in [-0.1, -0.05) is 0 Å². The molecule has 3 fully saturated rings. The maximum Gasteiger partial charge on any atom is 0.116 e. The van der Waals surface area contributed by atoms with Gasteiger partial charge in [-0.3, -0.25) is 0 Å².